The van der Waals surface area contributed by atoms with Crippen LogP contribution in [0.25, 0.3) is 0 Å². The Morgan fingerprint density at radius 3 is 2.67 bits per heavy atom. The van der Waals surface area contributed by atoms with Gasteiger partial charge in [0.05, 0.1) is 23.6 Å². The van der Waals surface area contributed by atoms with Gasteiger partial charge in [-0.3, -0.25) is 4.79 Å². The van der Waals surface area contributed by atoms with Crippen molar-refractivity contribution in [1.29, 1.82) is 0 Å². The van der Waals surface area contributed by atoms with Gasteiger partial charge in [-0.2, -0.15) is 0 Å². The average Bonchev–Trinajstić information content (AvgIpc) is 3.11. The molecule has 0 spiro atoms. The number of amides is 1. The molecule has 2 aromatic heterocycles. The van der Waals surface area contributed by atoms with E-state index in [4.69, 9.17) is 0 Å². The second-order valence-corrected chi connectivity index (χ2v) is 7.35. The van der Waals surface area contributed by atoms with E-state index in [0.29, 0.717) is 17.6 Å². The molecule has 8 nitrogen and oxygen atoms in total. The average molecular weight is 369 g/mol. The summed E-state index contributed by atoms with van der Waals surface area (Å²) in [5.41, 5.74) is 2.29. The quantitative estimate of drug-likeness (QED) is 0.859. The number of hydrogen-bond acceptors (Lipinski definition) is 6. The van der Waals surface area contributed by atoms with E-state index in [1.165, 1.54) is 19.3 Å². The summed E-state index contributed by atoms with van der Waals surface area (Å²) in [6, 6.07) is 4.18. The van der Waals surface area contributed by atoms with Crippen molar-refractivity contribution in [1.82, 2.24) is 25.3 Å². The van der Waals surface area contributed by atoms with Gasteiger partial charge in [-0.15, -0.1) is 5.10 Å². The van der Waals surface area contributed by atoms with E-state index in [1.54, 1.807) is 0 Å². The number of carbonyl (C=O) groups excluding carboxylic acids is 1. The number of anilines is 2. The van der Waals surface area contributed by atoms with Crippen LogP contribution in [0.2, 0.25) is 0 Å². The van der Waals surface area contributed by atoms with Crippen LogP contribution in [0, 0.1) is 6.92 Å². The van der Waals surface area contributed by atoms with Gasteiger partial charge in [-0.25, -0.2) is 9.67 Å². The SMILES string of the molecule is Cc1c(C(=O)Nc2ccc(N3CCCCC3)cn2)nnn1C1CCNCC1. The van der Waals surface area contributed by atoms with Crippen LogP contribution in [0.1, 0.15) is 54.3 Å². The summed E-state index contributed by atoms with van der Waals surface area (Å²) in [4.78, 5) is 19.4. The maximum Gasteiger partial charge on any atom is 0.279 e. The molecule has 2 aliphatic heterocycles. The zero-order valence-corrected chi connectivity index (χ0v) is 15.8. The van der Waals surface area contributed by atoms with Crippen LogP contribution in [0.15, 0.2) is 18.3 Å². The Hall–Kier alpha value is -2.48. The highest BCUT2D eigenvalue weighted by Crippen LogP contribution is 2.22. The lowest BCUT2D eigenvalue weighted by Gasteiger charge is -2.28. The number of piperidine rings is 2. The van der Waals surface area contributed by atoms with E-state index in [1.807, 2.05) is 29.9 Å². The molecule has 0 atom stereocenters. The highest BCUT2D eigenvalue weighted by Gasteiger charge is 2.23. The minimum Gasteiger partial charge on any atom is -0.370 e. The minimum atomic E-state index is -0.258. The molecular weight excluding hydrogens is 342 g/mol. The van der Waals surface area contributed by atoms with Gasteiger partial charge in [-0.05, 0) is 64.3 Å². The molecule has 4 heterocycles. The third-order valence-electron chi connectivity index (χ3n) is 5.51. The fourth-order valence-electron chi connectivity index (χ4n) is 3.92. The first-order valence-electron chi connectivity index (χ1n) is 9.87. The lowest BCUT2D eigenvalue weighted by atomic mass is 10.1. The predicted molar refractivity (Wildman–Crippen MR) is 104 cm³/mol. The second-order valence-electron chi connectivity index (χ2n) is 7.35. The van der Waals surface area contributed by atoms with Crippen molar-refractivity contribution in [2.45, 2.75) is 45.1 Å². The summed E-state index contributed by atoms with van der Waals surface area (Å²) < 4.78 is 1.89. The Kier molecular flexibility index (Phi) is 5.33. The molecule has 0 unspecified atom stereocenters. The number of nitrogens with zero attached hydrogens (tertiary/aromatic N) is 5. The van der Waals surface area contributed by atoms with Crippen LogP contribution < -0.4 is 15.5 Å². The fraction of sp³-hybridized carbons (Fsp3) is 0.579. The van der Waals surface area contributed by atoms with Gasteiger partial charge in [0.1, 0.15) is 5.82 Å². The summed E-state index contributed by atoms with van der Waals surface area (Å²) in [7, 11) is 0. The normalized spacial score (nSPS) is 18.5. The zero-order chi connectivity index (χ0) is 18.6. The minimum absolute atomic E-state index is 0.258. The first-order valence-corrected chi connectivity index (χ1v) is 9.87. The Labute approximate surface area is 159 Å². The van der Waals surface area contributed by atoms with Crippen molar-refractivity contribution in [3.63, 3.8) is 0 Å². The molecule has 144 valence electrons. The topological polar surface area (TPSA) is 88.0 Å². The monoisotopic (exact) mass is 369 g/mol. The highest BCUT2D eigenvalue weighted by atomic mass is 16.2. The molecule has 2 saturated heterocycles. The van der Waals surface area contributed by atoms with E-state index in [0.717, 1.165) is 50.4 Å². The standard InChI is InChI=1S/C19H27N7O/c1-14-18(23-24-26(14)15-7-9-20-10-8-15)19(27)22-17-6-5-16(13-21-17)25-11-3-2-4-12-25/h5-6,13,15,20H,2-4,7-12H2,1H3,(H,21,22,27). The molecule has 2 aliphatic rings. The first-order chi connectivity index (χ1) is 13.2. The number of carbonyl (C=O) groups is 1. The molecule has 0 bridgehead atoms. The molecule has 1 amide bonds. The predicted octanol–water partition coefficient (Wildman–Crippen LogP) is 2.15. The van der Waals surface area contributed by atoms with Gasteiger partial charge in [0.15, 0.2) is 5.69 Å². The Morgan fingerprint density at radius 1 is 1.19 bits per heavy atom. The molecule has 0 aliphatic carbocycles. The molecule has 27 heavy (non-hydrogen) atoms. The Bertz CT molecular complexity index is 774. The lowest BCUT2D eigenvalue weighted by molar-refractivity contribution is 0.102. The van der Waals surface area contributed by atoms with Crippen LogP contribution in [-0.4, -0.2) is 52.1 Å². The van der Waals surface area contributed by atoms with Crippen molar-refractivity contribution in [3.05, 3.63) is 29.7 Å². The van der Waals surface area contributed by atoms with Gasteiger partial charge in [-0.1, -0.05) is 5.21 Å². The zero-order valence-electron chi connectivity index (χ0n) is 15.8. The van der Waals surface area contributed by atoms with E-state index in [-0.39, 0.29) is 5.91 Å². The maximum absolute atomic E-state index is 12.6. The number of nitrogens with one attached hydrogen (secondary N) is 2. The number of pyridine rings is 1. The van der Waals surface area contributed by atoms with Crippen molar-refractivity contribution in [2.75, 3.05) is 36.4 Å². The van der Waals surface area contributed by atoms with Crippen molar-refractivity contribution < 1.29 is 4.79 Å². The third-order valence-corrected chi connectivity index (χ3v) is 5.51. The van der Waals surface area contributed by atoms with Crippen LogP contribution in [0.5, 0.6) is 0 Å². The molecule has 4 rings (SSSR count). The Balaban J connectivity index is 1.42. The van der Waals surface area contributed by atoms with Crippen LogP contribution in [-0.2, 0) is 0 Å². The third kappa shape index (κ3) is 3.95. The number of rotatable bonds is 4. The molecule has 0 aromatic carbocycles. The van der Waals surface area contributed by atoms with Crippen LogP contribution in [0.3, 0.4) is 0 Å². The second kappa shape index (κ2) is 8.04. The molecule has 2 fully saturated rings. The smallest absolute Gasteiger partial charge is 0.279 e. The Morgan fingerprint density at radius 2 is 1.96 bits per heavy atom. The van der Waals surface area contributed by atoms with Gasteiger partial charge in [0, 0.05) is 13.1 Å². The molecule has 0 radical (unpaired) electrons. The summed E-state index contributed by atoms with van der Waals surface area (Å²) in [5, 5.41) is 14.5. The summed E-state index contributed by atoms with van der Waals surface area (Å²) in [6.45, 7) is 6.00. The van der Waals surface area contributed by atoms with Crippen molar-refractivity contribution in [2.24, 2.45) is 0 Å². The van der Waals surface area contributed by atoms with E-state index < -0.39 is 0 Å². The van der Waals surface area contributed by atoms with Gasteiger partial charge in [0.25, 0.3) is 5.91 Å². The number of hydrogen-bond donors (Lipinski definition) is 2. The van der Waals surface area contributed by atoms with Gasteiger partial charge in [0.2, 0.25) is 0 Å². The van der Waals surface area contributed by atoms with E-state index >= 15 is 0 Å². The van der Waals surface area contributed by atoms with Crippen molar-refractivity contribution >= 4 is 17.4 Å². The largest absolute Gasteiger partial charge is 0.370 e. The van der Waals surface area contributed by atoms with E-state index in [9.17, 15) is 4.79 Å². The van der Waals surface area contributed by atoms with Crippen LogP contribution in [0.4, 0.5) is 11.5 Å². The lowest BCUT2D eigenvalue weighted by Crippen LogP contribution is -2.30. The first kappa shape index (κ1) is 17.9. The summed E-state index contributed by atoms with van der Waals surface area (Å²) >= 11 is 0. The fourth-order valence-corrected chi connectivity index (χ4v) is 3.92. The van der Waals surface area contributed by atoms with E-state index in [2.05, 4.69) is 30.8 Å². The summed E-state index contributed by atoms with van der Waals surface area (Å²) in [5.74, 6) is 0.280. The number of aromatic nitrogens is 4. The summed E-state index contributed by atoms with van der Waals surface area (Å²) in [6.07, 6.45) is 7.60. The van der Waals surface area contributed by atoms with Gasteiger partial charge < -0.3 is 15.5 Å². The van der Waals surface area contributed by atoms with Crippen molar-refractivity contribution in [3.8, 4) is 0 Å². The molecule has 2 aromatic rings. The van der Waals surface area contributed by atoms with Gasteiger partial charge >= 0.3 is 0 Å². The molecule has 8 heteroatoms. The van der Waals surface area contributed by atoms with Crippen LogP contribution >= 0.6 is 0 Å². The molecule has 0 saturated carbocycles. The highest BCUT2D eigenvalue weighted by molar-refractivity contribution is 6.03. The molecular formula is C19H27N7O. The molecule has 2 N–H and O–H groups in total. The maximum atomic E-state index is 12.6.